The van der Waals surface area contributed by atoms with Crippen LogP contribution in [-0.4, -0.2) is 0 Å². The second-order valence-corrected chi connectivity index (χ2v) is 10.8. The Balaban J connectivity index is 1.32. The number of thiazole rings is 1. The van der Waals surface area contributed by atoms with Gasteiger partial charge in [-0.05, 0) is 68.5 Å². The number of nitrogens with zero attached hydrogens (tertiary/aromatic N) is 1. The van der Waals surface area contributed by atoms with Crippen LogP contribution in [0, 0.1) is 6.92 Å². The van der Waals surface area contributed by atoms with E-state index < -0.39 is 0 Å². The normalized spacial score (nSPS) is 15.0. The van der Waals surface area contributed by atoms with E-state index in [1.165, 1.54) is 52.0 Å². The molecule has 6 rings (SSSR count). The van der Waals surface area contributed by atoms with Crippen LogP contribution in [0.3, 0.4) is 0 Å². The van der Waals surface area contributed by atoms with Gasteiger partial charge in [0, 0.05) is 12.1 Å². The highest BCUT2D eigenvalue weighted by Crippen LogP contribution is 2.50. The van der Waals surface area contributed by atoms with Crippen molar-refractivity contribution in [3.63, 3.8) is 0 Å². The molecule has 0 saturated heterocycles. The number of hydrogen-bond donors (Lipinski definition) is 0. The van der Waals surface area contributed by atoms with E-state index in [0.29, 0.717) is 6.73 Å². The summed E-state index contributed by atoms with van der Waals surface area (Å²) in [6, 6.07) is 20.8. The van der Waals surface area contributed by atoms with E-state index in [9.17, 15) is 0 Å². The number of fused-ring (bicyclic) bond motifs is 3. The number of ether oxygens (including phenoxy) is 2. The molecule has 0 unspecified atom stereocenters. The Labute approximate surface area is 208 Å². The van der Waals surface area contributed by atoms with Crippen LogP contribution in [0.1, 0.15) is 36.3 Å². The topological polar surface area (TPSA) is 22.3 Å². The maximum absolute atomic E-state index is 6.45. The molecular formula is C29H26NO2S2+. The molecule has 0 bridgehead atoms. The van der Waals surface area contributed by atoms with Crippen LogP contribution in [0.25, 0.3) is 16.3 Å². The molecule has 170 valence electrons. The summed E-state index contributed by atoms with van der Waals surface area (Å²) in [4.78, 5) is 2.14. The molecule has 4 aromatic rings. The zero-order valence-electron chi connectivity index (χ0n) is 19.1. The summed E-state index contributed by atoms with van der Waals surface area (Å²) in [5.74, 6) is 2.59. The summed E-state index contributed by atoms with van der Waals surface area (Å²) >= 11 is 3.53. The first kappa shape index (κ1) is 21.5. The number of para-hydroxylation sites is 1. The number of rotatable bonds is 5. The van der Waals surface area contributed by atoms with E-state index in [2.05, 4.69) is 54.0 Å². The van der Waals surface area contributed by atoms with Gasteiger partial charge in [0.1, 0.15) is 21.9 Å². The first-order valence-corrected chi connectivity index (χ1v) is 13.4. The highest BCUT2D eigenvalue weighted by atomic mass is 32.2. The molecule has 3 aromatic carbocycles. The van der Waals surface area contributed by atoms with Gasteiger partial charge in [0.25, 0.3) is 11.7 Å². The van der Waals surface area contributed by atoms with Crippen molar-refractivity contribution in [2.24, 2.45) is 0 Å². The van der Waals surface area contributed by atoms with Crippen molar-refractivity contribution in [3.05, 3.63) is 89.0 Å². The standard InChI is InChI=1S/C29H26NO2S2/c1-20-14-16-22-27(18-20)33-28(17-15-21-8-3-2-4-9-21)30(22)19-31-24-11-7-12-25-29(24)34-26-13-6-5-10-23(26)32-25/h5-8,10-18H,2-4,9,19H2,1H3/q+1. The molecule has 1 aromatic heterocycles. The third-order valence-corrected chi connectivity index (χ3v) is 8.50. The molecule has 0 saturated carbocycles. The van der Waals surface area contributed by atoms with Crippen LogP contribution in [0.15, 0.2) is 88.2 Å². The Morgan fingerprint density at radius 2 is 1.91 bits per heavy atom. The van der Waals surface area contributed by atoms with E-state index in [0.717, 1.165) is 27.0 Å². The van der Waals surface area contributed by atoms with E-state index in [1.54, 1.807) is 11.8 Å². The Morgan fingerprint density at radius 1 is 1.00 bits per heavy atom. The molecule has 1 aliphatic heterocycles. The molecule has 0 radical (unpaired) electrons. The van der Waals surface area contributed by atoms with Gasteiger partial charge in [0.2, 0.25) is 5.52 Å². The quantitative estimate of drug-likeness (QED) is 0.234. The third-order valence-electron chi connectivity index (χ3n) is 6.23. The van der Waals surface area contributed by atoms with Crippen molar-refractivity contribution < 1.29 is 14.0 Å². The zero-order valence-corrected chi connectivity index (χ0v) is 20.8. The average molecular weight is 485 g/mol. The predicted molar refractivity (Wildman–Crippen MR) is 140 cm³/mol. The Kier molecular flexibility index (Phi) is 5.90. The van der Waals surface area contributed by atoms with Crippen LogP contribution in [-0.2, 0) is 6.73 Å². The van der Waals surface area contributed by atoms with Gasteiger partial charge in [0.15, 0.2) is 0 Å². The Bertz CT molecular complexity index is 1430. The average Bonchev–Trinajstić information content (AvgIpc) is 3.21. The Hall–Kier alpha value is -3.02. The highest BCUT2D eigenvalue weighted by Gasteiger charge is 2.24. The summed E-state index contributed by atoms with van der Waals surface area (Å²) in [5.41, 5.74) is 3.92. The molecule has 1 aliphatic carbocycles. The number of allylic oxidation sites excluding steroid dienone is 3. The van der Waals surface area contributed by atoms with Crippen LogP contribution >= 0.6 is 23.1 Å². The van der Waals surface area contributed by atoms with E-state index in [1.807, 2.05) is 47.7 Å². The van der Waals surface area contributed by atoms with E-state index >= 15 is 0 Å². The summed E-state index contributed by atoms with van der Waals surface area (Å²) in [7, 11) is 0. The minimum Gasteiger partial charge on any atom is -0.455 e. The van der Waals surface area contributed by atoms with Crippen LogP contribution < -0.4 is 14.0 Å². The zero-order chi connectivity index (χ0) is 22.9. The maximum atomic E-state index is 6.45. The van der Waals surface area contributed by atoms with Crippen LogP contribution in [0.2, 0.25) is 0 Å². The minimum atomic E-state index is 0.445. The molecule has 0 amide bonds. The second kappa shape index (κ2) is 9.32. The fourth-order valence-corrected chi connectivity index (χ4v) is 6.60. The summed E-state index contributed by atoms with van der Waals surface area (Å²) < 4.78 is 16.2. The number of hydrogen-bond acceptors (Lipinski definition) is 4. The van der Waals surface area contributed by atoms with Crippen molar-refractivity contribution in [3.8, 4) is 17.2 Å². The van der Waals surface area contributed by atoms with Gasteiger partial charge in [-0.3, -0.25) is 0 Å². The first-order valence-electron chi connectivity index (χ1n) is 11.8. The van der Waals surface area contributed by atoms with Crippen LogP contribution in [0.4, 0.5) is 0 Å². The first-order chi connectivity index (χ1) is 16.7. The van der Waals surface area contributed by atoms with Gasteiger partial charge in [0.05, 0.1) is 9.79 Å². The van der Waals surface area contributed by atoms with Crippen molar-refractivity contribution in [2.45, 2.75) is 49.1 Å². The molecule has 0 spiro atoms. The molecule has 2 aliphatic rings. The van der Waals surface area contributed by atoms with Crippen molar-refractivity contribution in [1.82, 2.24) is 0 Å². The molecule has 0 N–H and O–H groups in total. The number of aryl methyl sites for hydroxylation is 1. The fraction of sp³-hybridized carbons (Fsp3) is 0.207. The smallest absolute Gasteiger partial charge is 0.293 e. The maximum Gasteiger partial charge on any atom is 0.293 e. The van der Waals surface area contributed by atoms with Crippen molar-refractivity contribution >= 4 is 39.4 Å². The summed E-state index contributed by atoms with van der Waals surface area (Å²) in [5, 5.41) is 1.20. The molecular weight excluding hydrogens is 458 g/mol. The minimum absolute atomic E-state index is 0.445. The number of aromatic nitrogens is 1. The van der Waals surface area contributed by atoms with Crippen LogP contribution in [0.5, 0.6) is 17.2 Å². The molecule has 34 heavy (non-hydrogen) atoms. The molecule has 5 heteroatoms. The van der Waals surface area contributed by atoms with Crippen molar-refractivity contribution in [2.75, 3.05) is 0 Å². The van der Waals surface area contributed by atoms with Gasteiger partial charge in [-0.15, -0.1) is 4.57 Å². The van der Waals surface area contributed by atoms with Gasteiger partial charge >= 0.3 is 0 Å². The van der Waals surface area contributed by atoms with Gasteiger partial charge in [-0.25, -0.2) is 0 Å². The molecule has 0 atom stereocenters. The van der Waals surface area contributed by atoms with E-state index in [4.69, 9.17) is 9.47 Å². The van der Waals surface area contributed by atoms with Gasteiger partial charge in [-0.1, -0.05) is 65.1 Å². The van der Waals surface area contributed by atoms with Crippen molar-refractivity contribution in [1.29, 1.82) is 0 Å². The monoisotopic (exact) mass is 484 g/mol. The number of benzene rings is 3. The SMILES string of the molecule is Cc1ccc2c(c1)sc(C=CC1=CCCCC1)[n+]2COc1cccc2c1Sc1ccccc1O2. The van der Waals surface area contributed by atoms with Gasteiger partial charge < -0.3 is 9.47 Å². The Morgan fingerprint density at radius 3 is 2.82 bits per heavy atom. The summed E-state index contributed by atoms with van der Waals surface area (Å²) in [6.45, 7) is 2.59. The predicted octanol–water partition coefficient (Wildman–Crippen LogP) is 8.30. The van der Waals surface area contributed by atoms with E-state index in [-0.39, 0.29) is 0 Å². The second-order valence-electron chi connectivity index (χ2n) is 8.71. The lowest BCUT2D eigenvalue weighted by atomic mass is 9.99. The molecule has 0 fully saturated rings. The molecule has 2 heterocycles. The third kappa shape index (κ3) is 4.26. The fourth-order valence-electron chi connectivity index (χ4n) is 4.43. The lowest BCUT2D eigenvalue weighted by molar-refractivity contribution is -0.698. The molecule has 3 nitrogen and oxygen atoms in total. The lowest BCUT2D eigenvalue weighted by Gasteiger charge is -2.21. The lowest BCUT2D eigenvalue weighted by Crippen LogP contribution is -2.38. The summed E-state index contributed by atoms with van der Waals surface area (Å²) in [6.07, 6.45) is 11.9. The largest absolute Gasteiger partial charge is 0.455 e. The van der Waals surface area contributed by atoms with Gasteiger partial charge in [-0.2, -0.15) is 0 Å². The highest BCUT2D eigenvalue weighted by molar-refractivity contribution is 7.99.